The van der Waals surface area contributed by atoms with E-state index < -0.39 is 17.9 Å². The third-order valence-electron chi connectivity index (χ3n) is 7.80. The maximum Gasteiger partial charge on any atom is 3.00 e. The van der Waals surface area contributed by atoms with Gasteiger partial charge in [0, 0.05) is 24.6 Å². The number of para-hydroxylation sites is 1. The summed E-state index contributed by atoms with van der Waals surface area (Å²) in [5.74, 6) is 1.15. The van der Waals surface area contributed by atoms with Gasteiger partial charge in [-0.25, -0.2) is 0 Å². The molecule has 0 saturated carbocycles. The fraction of sp³-hybridized carbons (Fsp3) is 0.462. The van der Waals surface area contributed by atoms with E-state index in [1.165, 1.54) is 35.1 Å². The molecule has 1 atom stereocenters. The molecule has 5 nitrogen and oxygen atoms in total. The second-order valence-electron chi connectivity index (χ2n) is 13.5. The van der Waals surface area contributed by atoms with Gasteiger partial charge in [0.25, 0.3) is 0 Å². The first-order valence-corrected chi connectivity index (χ1v) is 22.9. The summed E-state index contributed by atoms with van der Waals surface area (Å²) < 4.78 is 9.50. The van der Waals surface area contributed by atoms with Crippen LogP contribution in [0.2, 0.25) is 26.2 Å². The molecule has 2 aromatic heterocycles. The van der Waals surface area contributed by atoms with E-state index >= 15 is 0 Å². The summed E-state index contributed by atoms with van der Waals surface area (Å²) in [6.45, 7) is 24.6. The Hall–Kier alpha value is -2.11. The normalized spacial score (nSPS) is 13.3. The molecule has 47 heavy (non-hydrogen) atoms. The monoisotopic (exact) mass is 698 g/mol. The fourth-order valence-corrected chi connectivity index (χ4v) is 10.4. The Labute approximate surface area is 308 Å². The number of nitrogens with zero attached hydrogens (tertiary/aromatic N) is 4. The summed E-state index contributed by atoms with van der Waals surface area (Å²) in [6, 6.07) is 25.2. The van der Waals surface area contributed by atoms with Gasteiger partial charge in [-0.2, -0.15) is 6.20 Å². The van der Waals surface area contributed by atoms with E-state index in [0.717, 1.165) is 36.0 Å². The number of pyridine rings is 1. The van der Waals surface area contributed by atoms with Crippen molar-refractivity contribution >= 4 is 23.6 Å². The largest absolute Gasteiger partial charge is 3.00 e. The van der Waals surface area contributed by atoms with Crippen LogP contribution in [-0.4, -0.2) is 36.1 Å². The van der Waals surface area contributed by atoms with Crippen molar-refractivity contribution in [1.82, 2.24) is 9.97 Å². The molecule has 0 N–H and O–H groups in total. The predicted molar refractivity (Wildman–Crippen MR) is 204 cm³/mol. The molecule has 2 aromatic carbocycles. The van der Waals surface area contributed by atoms with Gasteiger partial charge in [-0.15, -0.1) is 11.4 Å². The molecule has 1 aliphatic rings. The second kappa shape index (κ2) is 21.1. The molecule has 0 bridgehead atoms. The van der Waals surface area contributed by atoms with Crippen molar-refractivity contribution in [2.24, 2.45) is 0 Å². The van der Waals surface area contributed by atoms with Crippen LogP contribution in [-0.2, 0) is 30.6 Å². The molecule has 5 rings (SSSR count). The summed E-state index contributed by atoms with van der Waals surface area (Å²) in [5, 5.41) is 5.52. The molecule has 1 fully saturated rings. The van der Waals surface area contributed by atoms with Crippen LogP contribution in [0.15, 0.2) is 79.0 Å². The molecule has 0 radical (unpaired) electrons. The van der Waals surface area contributed by atoms with Crippen LogP contribution < -0.4 is 4.98 Å². The van der Waals surface area contributed by atoms with Crippen molar-refractivity contribution in [2.75, 3.05) is 13.2 Å². The van der Waals surface area contributed by atoms with E-state index in [-0.39, 0.29) is 31.9 Å². The van der Waals surface area contributed by atoms with Crippen molar-refractivity contribution in [3.05, 3.63) is 117 Å². The van der Waals surface area contributed by atoms with Crippen LogP contribution in [0.3, 0.4) is 0 Å². The standard InChI is InChI=1S/C31H35N3.C4H14NSi2.C4H8O.Sc/c1-20(2)23-12-7-8-13-26(23)31(29-17-10-16-28(33-29)27-18-11-19-32-27)34-30-24(21(3)4)14-9-15-25(30)22(5)6;1-6(2)5-7(3)4;1-2-4-5-3-1;/h7-22,31H,1-6H3;6-7H,1-4H3;1-4H2;/q-2;-1;;+3/t31-;;;/m1.../s1. The van der Waals surface area contributed by atoms with E-state index in [9.17, 15) is 0 Å². The molecule has 0 amide bonds. The third kappa shape index (κ3) is 13.0. The first kappa shape index (κ1) is 41.1. The van der Waals surface area contributed by atoms with E-state index in [2.05, 4.69) is 132 Å². The van der Waals surface area contributed by atoms with Gasteiger partial charge < -0.3 is 19.7 Å². The maximum absolute atomic E-state index is 5.52. The van der Waals surface area contributed by atoms with E-state index in [1.54, 1.807) is 0 Å². The first-order chi connectivity index (χ1) is 22.0. The minimum absolute atomic E-state index is 0. The summed E-state index contributed by atoms with van der Waals surface area (Å²) in [6.07, 6.45) is 4.37. The number of hydrogen-bond donors (Lipinski definition) is 0. The fourth-order valence-electron chi connectivity index (χ4n) is 5.68. The van der Waals surface area contributed by atoms with Gasteiger partial charge in [-0.05, 0) is 54.3 Å². The Balaban J connectivity index is 0.000000498. The average molecular weight is 699 g/mol. The Morgan fingerprint density at radius 2 is 1.19 bits per heavy atom. The van der Waals surface area contributed by atoms with Gasteiger partial charge >= 0.3 is 25.8 Å². The number of rotatable bonds is 10. The Morgan fingerprint density at radius 1 is 0.660 bits per heavy atom. The first-order valence-electron chi connectivity index (χ1n) is 17.2. The number of hydrogen-bond acceptors (Lipinski definition) is 2. The summed E-state index contributed by atoms with van der Waals surface area (Å²) in [5.41, 5.74) is 8.92. The van der Waals surface area contributed by atoms with Gasteiger partial charge in [0.05, 0.1) is 0 Å². The number of benzene rings is 2. The maximum atomic E-state index is 5.52. The van der Waals surface area contributed by atoms with Crippen molar-refractivity contribution in [3.63, 3.8) is 0 Å². The van der Waals surface area contributed by atoms with Crippen molar-refractivity contribution in [2.45, 2.75) is 104 Å². The van der Waals surface area contributed by atoms with E-state index in [4.69, 9.17) is 15.0 Å². The molecular weight excluding hydrogens is 642 g/mol. The average Bonchev–Trinajstić information content (AvgIpc) is 3.77. The van der Waals surface area contributed by atoms with Crippen molar-refractivity contribution in [1.29, 1.82) is 0 Å². The van der Waals surface area contributed by atoms with Crippen LogP contribution in [0.25, 0.3) is 21.4 Å². The summed E-state index contributed by atoms with van der Waals surface area (Å²) >= 11 is 0. The van der Waals surface area contributed by atoms with Gasteiger partial charge in [-0.3, -0.25) is 4.98 Å². The molecule has 0 unspecified atom stereocenters. The zero-order chi connectivity index (χ0) is 33.6. The molecule has 4 aromatic rings. The topological polar surface area (TPSA) is 64.4 Å². The minimum atomic E-state index is -0.542. The molecule has 8 heteroatoms. The van der Waals surface area contributed by atoms with E-state index in [1.807, 2.05) is 24.4 Å². The van der Waals surface area contributed by atoms with Crippen LogP contribution >= 0.6 is 0 Å². The zero-order valence-electron chi connectivity index (χ0n) is 30.6. The van der Waals surface area contributed by atoms with Crippen LogP contribution in [0.1, 0.15) is 106 Å². The van der Waals surface area contributed by atoms with Gasteiger partial charge in [0.1, 0.15) is 0 Å². The molecule has 0 spiro atoms. The summed E-state index contributed by atoms with van der Waals surface area (Å²) in [4.78, 5) is 9.55. The SMILES string of the molecule is C1CCOC1.CC(C)c1ccccc1[C@@H]([N-]c1c(C(C)C)cccc1C(C)C)c1cccc(-c2ccc[n-]2)n1.C[SiH](C)[N-][SiH](C)C.[Sc+3]. The third-order valence-corrected chi connectivity index (χ3v) is 12.6. The van der Waals surface area contributed by atoms with Crippen LogP contribution in [0, 0.1) is 0 Å². The van der Waals surface area contributed by atoms with Gasteiger partial charge in [0.15, 0.2) is 0 Å². The quantitative estimate of drug-likeness (QED) is 0.155. The Morgan fingerprint density at radius 3 is 1.64 bits per heavy atom. The summed E-state index contributed by atoms with van der Waals surface area (Å²) in [7, 11) is -1.08. The van der Waals surface area contributed by atoms with Gasteiger partial charge in [-0.1, -0.05) is 163 Å². The van der Waals surface area contributed by atoms with Crippen molar-refractivity contribution < 1.29 is 30.6 Å². The number of aromatic nitrogens is 2. The minimum Gasteiger partial charge on any atom is -0.673 e. The predicted octanol–water partition coefficient (Wildman–Crippen LogP) is 11.0. The van der Waals surface area contributed by atoms with E-state index in [0.29, 0.717) is 17.8 Å². The Kier molecular flexibility index (Phi) is 18.4. The molecule has 1 saturated heterocycles. The smallest absolute Gasteiger partial charge is 0.673 e. The molecule has 1 aliphatic heterocycles. The van der Waals surface area contributed by atoms with Crippen LogP contribution in [0.4, 0.5) is 5.69 Å². The molecular formula is C39H57N4OScSi2. The number of ether oxygens (including phenoxy) is 1. The second-order valence-corrected chi connectivity index (χ2v) is 19.1. The zero-order valence-corrected chi connectivity index (χ0v) is 34.7. The van der Waals surface area contributed by atoms with Crippen LogP contribution in [0.5, 0.6) is 0 Å². The molecule has 3 heterocycles. The van der Waals surface area contributed by atoms with Crippen molar-refractivity contribution in [3.8, 4) is 11.4 Å². The Bertz CT molecular complexity index is 1400. The van der Waals surface area contributed by atoms with Gasteiger partial charge in [0.2, 0.25) is 0 Å². The molecule has 250 valence electrons. The molecule has 0 aliphatic carbocycles.